The van der Waals surface area contributed by atoms with E-state index in [1.54, 1.807) is 6.07 Å². The number of nitro groups is 1. The monoisotopic (exact) mass is 417 g/mol. The second-order valence-corrected chi connectivity index (χ2v) is 5.68. The fourth-order valence-corrected chi connectivity index (χ4v) is 2.62. The molecule has 0 aliphatic rings. The van der Waals surface area contributed by atoms with Gasteiger partial charge in [-0.2, -0.15) is 0 Å². The van der Waals surface area contributed by atoms with E-state index in [9.17, 15) is 14.5 Å². The molecule has 0 radical (unpaired) electrons. The van der Waals surface area contributed by atoms with Crippen LogP contribution in [0.3, 0.4) is 0 Å². The number of rotatable bonds is 5. The summed E-state index contributed by atoms with van der Waals surface area (Å²) < 4.78 is 19.6. The van der Waals surface area contributed by atoms with Crippen LogP contribution in [0.2, 0.25) is 0 Å². The molecule has 110 valence electrons. The Balaban J connectivity index is 2.14. The number of alkyl halides is 1. The van der Waals surface area contributed by atoms with Crippen molar-refractivity contribution in [2.75, 3.05) is 0 Å². The Morgan fingerprint density at radius 1 is 1.19 bits per heavy atom. The predicted octanol–water partition coefficient (Wildman–Crippen LogP) is 4.97. The van der Waals surface area contributed by atoms with Crippen molar-refractivity contribution >= 4 is 37.5 Å². The van der Waals surface area contributed by atoms with E-state index >= 15 is 0 Å². The fraction of sp³-hybridized carbons (Fsp3) is 0.143. The van der Waals surface area contributed by atoms with E-state index in [0.29, 0.717) is 11.3 Å². The summed E-state index contributed by atoms with van der Waals surface area (Å²) in [5, 5.41) is 11.4. The lowest BCUT2D eigenvalue weighted by molar-refractivity contribution is -0.385. The first-order chi connectivity index (χ1) is 9.99. The Hall–Kier alpha value is -1.47. The molecule has 2 rings (SSSR count). The molecule has 21 heavy (non-hydrogen) atoms. The van der Waals surface area contributed by atoms with Crippen molar-refractivity contribution in [2.45, 2.75) is 11.9 Å². The van der Waals surface area contributed by atoms with E-state index in [-0.39, 0.29) is 12.3 Å². The molecular weight excluding hydrogens is 409 g/mol. The van der Waals surface area contributed by atoms with Crippen LogP contribution in [0, 0.1) is 15.9 Å². The van der Waals surface area contributed by atoms with Gasteiger partial charge in [0.2, 0.25) is 0 Å². The molecule has 0 unspecified atom stereocenters. The Labute approximate surface area is 137 Å². The highest BCUT2D eigenvalue weighted by Crippen LogP contribution is 2.28. The summed E-state index contributed by atoms with van der Waals surface area (Å²) in [5.41, 5.74) is 1.19. The molecule has 0 heterocycles. The average Bonchev–Trinajstić information content (AvgIpc) is 2.45. The fourth-order valence-electron chi connectivity index (χ4n) is 1.73. The maximum absolute atomic E-state index is 13.3. The summed E-state index contributed by atoms with van der Waals surface area (Å²) in [7, 11) is 0. The number of hydrogen-bond donors (Lipinski definition) is 0. The summed E-state index contributed by atoms with van der Waals surface area (Å²) in [4.78, 5) is 10.1. The first-order valence-corrected chi connectivity index (χ1v) is 7.82. The van der Waals surface area contributed by atoms with Crippen molar-refractivity contribution in [3.05, 3.63) is 67.9 Å². The smallest absolute Gasteiger partial charge is 0.272 e. The van der Waals surface area contributed by atoms with Gasteiger partial charge in [0.15, 0.2) is 0 Å². The van der Waals surface area contributed by atoms with E-state index < -0.39 is 10.7 Å². The SMILES string of the molecule is O=[N+]([O-])c1cc(F)cc(COc2ccc(CBr)cc2Br)c1. The Kier molecular flexibility index (Phi) is 5.30. The van der Waals surface area contributed by atoms with Crippen molar-refractivity contribution in [2.24, 2.45) is 0 Å². The second-order valence-electron chi connectivity index (χ2n) is 4.26. The zero-order chi connectivity index (χ0) is 15.4. The van der Waals surface area contributed by atoms with Crippen LogP contribution < -0.4 is 4.74 Å². The number of nitrogens with zero attached hydrogens (tertiary/aromatic N) is 1. The molecule has 0 aliphatic heterocycles. The minimum Gasteiger partial charge on any atom is -0.488 e. The lowest BCUT2D eigenvalue weighted by Crippen LogP contribution is -1.99. The van der Waals surface area contributed by atoms with E-state index in [4.69, 9.17) is 4.74 Å². The maximum Gasteiger partial charge on any atom is 0.272 e. The first-order valence-electron chi connectivity index (χ1n) is 5.90. The molecule has 2 aromatic rings. The third kappa shape index (κ3) is 4.25. The van der Waals surface area contributed by atoms with Crippen LogP contribution in [0.1, 0.15) is 11.1 Å². The molecule has 0 aromatic heterocycles. The van der Waals surface area contributed by atoms with Crippen molar-refractivity contribution in [3.8, 4) is 5.75 Å². The number of halogens is 3. The highest BCUT2D eigenvalue weighted by atomic mass is 79.9. The number of non-ortho nitro benzene ring substituents is 1. The zero-order valence-electron chi connectivity index (χ0n) is 10.7. The van der Waals surface area contributed by atoms with Crippen LogP contribution in [0.25, 0.3) is 0 Å². The summed E-state index contributed by atoms with van der Waals surface area (Å²) in [6.45, 7) is 0.0465. The van der Waals surface area contributed by atoms with E-state index in [2.05, 4.69) is 31.9 Å². The molecule has 0 bridgehead atoms. The molecule has 0 atom stereocenters. The molecule has 0 fully saturated rings. The van der Waals surface area contributed by atoms with Crippen LogP contribution >= 0.6 is 31.9 Å². The number of benzene rings is 2. The van der Waals surface area contributed by atoms with E-state index in [1.807, 2.05) is 12.1 Å². The van der Waals surface area contributed by atoms with E-state index in [1.165, 1.54) is 12.1 Å². The van der Waals surface area contributed by atoms with Crippen molar-refractivity contribution in [1.29, 1.82) is 0 Å². The molecule has 0 saturated heterocycles. The summed E-state index contributed by atoms with van der Waals surface area (Å²) in [6.07, 6.45) is 0. The minimum atomic E-state index is -0.656. The molecule has 4 nitrogen and oxygen atoms in total. The largest absolute Gasteiger partial charge is 0.488 e. The normalized spacial score (nSPS) is 10.4. The molecule has 0 N–H and O–H groups in total. The number of ether oxygens (including phenoxy) is 1. The quantitative estimate of drug-likeness (QED) is 0.391. The average molecular weight is 419 g/mol. The maximum atomic E-state index is 13.3. The van der Waals surface area contributed by atoms with Gasteiger partial charge in [0, 0.05) is 11.4 Å². The van der Waals surface area contributed by atoms with Crippen LogP contribution in [-0.4, -0.2) is 4.92 Å². The van der Waals surface area contributed by atoms with Gasteiger partial charge in [0.05, 0.1) is 15.5 Å². The topological polar surface area (TPSA) is 52.4 Å². The van der Waals surface area contributed by atoms with Gasteiger partial charge in [-0.1, -0.05) is 22.0 Å². The third-order valence-corrected chi connectivity index (χ3v) is 3.97. The zero-order valence-corrected chi connectivity index (χ0v) is 13.9. The van der Waals surface area contributed by atoms with Crippen LogP contribution in [0.4, 0.5) is 10.1 Å². The third-order valence-electron chi connectivity index (χ3n) is 2.70. The second kappa shape index (κ2) is 7.00. The Morgan fingerprint density at radius 2 is 1.95 bits per heavy atom. The minimum absolute atomic E-state index is 0.0465. The van der Waals surface area contributed by atoms with Gasteiger partial charge in [-0.3, -0.25) is 10.1 Å². The molecule has 0 saturated carbocycles. The van der Waals surface area contributed by atoms with Gasteiger partial charge < -0.3 is 4.74 Å². The summed E-state index contributed by atoms with van der Waals surface area (Å²) >= 11 is 6.74. The van der Waals surface area contributed by atoms with Crippen LogP contribution in [0.15, 0.2) is 40.9 Å². The molecule has 0 amide bonds. The van der Waals surface area contributed by atoms with Crippen LogP contribution in [0.5, 0.6) is 5.75 Å². The summed E-state index contributed by atoms with van der Waals surface area (Å²) in [5.74, 6) is -0.0666. The lowest BCUT2D eigenvalue weighted by atomic mass is 10.2. The van der Waals surface area contributed by atoms with Crippen LogP contribution in [-0.2, 0) is 11.9 Å². The Bertz CT molecular complexity index is 679. The Morgan fingerprint density at radius 3 is 2.57 bits per heavy atom. The van der Waals surface area contributed by atoms with Crippen molar-refractivity contribution in [1.82, 2.24) is 0 Å². The molecular formula is C14H10Br2FNO3. The van der Waals surface area contributed by atoms with Gasteiger partial charge >= 0.3 is 0 Å². The van der Waals surface area contributed by atoms with Gasteiger partial charge in [0.25, 0.3) is 5.69 Å². The molecule has 0 aliphatic carbocycles. The molecule has 2 aromatic carbocycles. The van der Waals surface area contributed by atoms with Gasteiger partial charge in [-0.05, 0) is 45.3 Å². The highest BCUT2D eigenvalue weighted by molar-refractivity contribution is 9.10. The number of hydrogen-bond acceptors (Lipinski definition) is 3. The van der Waals surface area contributed by atoms with Gasteiger partial charge in [0.1, 0.15) is 18.2 Å². The van der Waals surface area contributed by atoms with Gasteiger partial charge in [-0.15, -0.1) is 0 Å². The van der Waals surface area contributed by atoms with Crippen molar-refractivity contribution < 1.29 is 14.1 Å². The van der Waals surface area contributed by atoms with Crippen molar-refractivity contribution in [3.63, 3.8) is 0 Å². The standard InChI is InChI=1S/C14H10Br2FNO3/c15-7-9-1-2-14(13(16)5-9)21-8-10-3-11(17)6-12(4-10)18(19)20/h1-6H,7-8H2. The highest BCUT2D eigenvalue weighted by Gasteiger charge is 2.11. The van der Waals surface area contributed by atoms with Gasteiger partial charge in [-0.25, -0.2) is 4.39 Å². The van der Waals surface area contributed by atoms with E-state index in [0.717, 1.165) is 21.4 Å². The predicted molar refractivity (Wildman–Crippen MR) is 84.2 cm³/mol. The summed E-state index contributed by atoms with van der Waals surface area (Å²) in [6, 6.07) is 8.97. The lowest BCUT2D eigenvalue weighted by Gasteiger charge is -2.09. The molecule has 0 spiro atoms. The first kappa shape index (κ1) is 15.9. The molecule has 7 heteroatoms. The number of nitro benzene ring substituents is 1.